The number of aliphatic hydroxyl groups excluding tert-OH is 1. The predicted molar refractivity (Wildman–Crippen MR) is 83.0 cm³/mol. The summed E-state index contributed by atoms with van der Waals surface area (Å²) in [6.45, 7) is 6.19. The minimum atomic E-state index is -0.500. The first-order valence-electron chi connectivity index (χ1n) is 7.11. The second kappa shape index (κ2) is 11.1. The fraction of sp³-hybridized carbons (Fsp3) is 0.500. The zero-order valence-electron chi connectivity index (χ0n) is 12.6. The summed E-state index contributed by atoms with van der Waals surface area (Å²) in [5, 5.41) is 12.8. The van der Waals surface area contributed by atoms with Crippen LogP contribution in [-0.2, 0) is 4.74 Å². The Morgan fingerprint density at radius 1 is 1.33 bits per heavy atom. The molecule has 21 heavy (non-hydrogen) atoms. The Hall–Kier alpha value is -1.56. The van der Waals surface area contributed by atoms with Gasteiger partial charge in [0, 0.05) is 6.54 Å². The van der Waals surface area contributed by atoms with Crippen molar-refractivity contribution in [2.24, 2.45) is 0 Å². The molecular formula is C16H25NO4. The largest absolute Gasteiger partial charge is 0.493 e. The molecule has 0 heterocycles. The van der Waals surface area contributed by atoms with Crippen LogP contribution in [0.1, 0.15) is 6.42 Å². The highest BCUT2D eigenvalue weighted by Gasteiger charge is 2.04. The van der Waals surface area contributed by atoms with E-state index < -0.39 is 6.10 Å². The Bertz CT molecular complexity index is 398. The highest BCUT2D eigenvalue weighted by Crippen LogP contribution is 2.25. The molecule has 2 N–H and O–H groups in total. The fourth-order valence-electron chi connectivity index (χ4n) is 1.73. The van der Waals surface area contributed by atoms with Gasteiger partial charge in [-0.05, 0) is 25.1 Å². The summed E-state index contributed by atoms with van der Waals surface area (Å²) in [5.74, 6) is 1.48. The number of hydrogen-bond acceptors (Lipinski definition) is 5. The van der Waals surface area contributed by atoms with Gasteiger partial charge in [-0.15, -0.1) is 6.58 Å². The molecule has 5 heteroatoms. The predicted octanol–water partition coefficient (Wildman–Crippen LogP) is 1.62. The van der Waals surface area contributed by atoms with Crippen molar-refractivity contribution in [1.29, 1.82) is 0 Å². The van der Waals surface area contributed by atoms with Crippen LogP contribution < -0.4 is 14.8 Å². The van der Waals surface area contributed by atoms with Crippen molar-refractivity contribution in [2.45, 2.75) is 12.5 Å². The minimum absolute atomic E-state index is 0.316. The Labute approximate surface area is 126 Å². The van der Waals surface area contributed by atoms with Gasteiger partial charge in [0.2, 0.25) is 0 Å². The van der Waals surface area contributed by atoms with Gasteiger partial charge in [0.05, 0.1) is 33.0 Å². The van der Waals surface area contributed by atoms with Crippen LogP contribution in [0.25, 0.3) is 0 Å². The van der Waals surface area contributed by atoms with Gasteiger partial charge in [0.25, 0.3) is 0 Å². The number of ether oxygens (including phenoxy) is 3. The molecule has 0 aliphatic rings. The van der Waals surface area contributed by atoms with E-state index in [1.54, 1.807) is 13.2 Å². The second-order valence-electron chi connectivity index (χ2n) is 4.54. The second-order valence-corrected chi connectivity index (χ2v) is 4.54. The normalized spacial score (nSPS) is 11.9. The van der Waals surface area contributed by atoms with E-state index in [0.29, 0.717) is 26.4 Å². The van der Waals surface area contributed by atoms with Crippen molar-refractivity contribution in [3.05, 3.63) is 36.9 Å². The van der Waals surface area contributed by atoms with Crippen LogP contribution in [0.3, 0.4) is 0 Å². The number of aliphatic hydroxyl groups is 1. The molecule has 5 nitrogen and oxygen atoms in total. The molecule has 0 amide bonds. The van der Waals surface area contributed by atoms with Crippen molar-refractivity contribution < 1.29 is 19.3 Å². The molecule has 0 radical (unpaired) electrons. The molecule has 0 aliphatic heterocycles. The van der Waals surface area contributed by atoms with Crippen LogP contribution >= 0.6 is 0 Å². The summed E-state index contributed by atoms with van der Waals surface area (Å²) >= 11 is 0. The molecular weight excluding hydrogens is 270 g/mol. The third-order valence-electron chi connectivity index (χ3n) is 2.75. The quantitative estimate of drug-likeness (QED) is 0.453. The highest BCUT2D eigenvalue weighted by atomic mass is 16.5. The Morgan fingerprint density at radius 2 is 2.10 bits per heavy atom. The lowest BCUT2D eigenvalue weighted by atomic mass is 10.3. The van der Waals surface area contributed by atoms with Crippen LogP contribution in [0.5, 0.6) is 11.5 Å². The smallest absolute Gasteiger partial charge is 0.161 e. The minimum Gasteiger partial charge on any atom is -0.493 e. The van der Waals surface area contributed by atoms with E-state index in [9.17, 15) is 5.11 Å². The van der Waals surface area contributed by atoms with Crippen molar-refractivity contribution in [1.82, 2.24) is 5.32 Å². The van der Waals surface area contributed by atoms with Crippen LogP contribution in [-0.4, -0.2) is 51.2 Å². The maximum absolute atomic E-state index is 9.61. The molecule has 118 valence electrons. The van der Waals surface area contributed by atoms with E-state index in [2.05, 4.69) is 11.9 Å². The standard InChI is InChI=1S/C16H25NO4/c1-3-10-20-13-14(18)12-17-9-6-11-21-16-8-5-4-7-15(16)19-2/h3-5,7-8,14,17-18H,1,6,9-13H2,2H3/t14-/m0/s1. The Morgan fingerprint density at radius 3 is 2.81 bits per heavy atom. The lowest BCUT2D eigenvalue weighted by Gasteiger charge is -2.12. The van der Waals surface area contributed by atoms with Crippen molar-refractivity contribution in [3.8, 4) is 11.5 Å². The van der Waals surface area contributed by atoms with E-state index in [0.717, 1.165) is 24.5 Å². The van der Waals surface area contributed by atoms with Gasteiger partial charge in [-0.2, -0.15) is 0 Å². The first-order chi connectivity index (χ1) is 10.3. The van der Waals surface area contributed by atoms with Crippen LogP contribution in [0.2, 0.25) is 0 Å². The molecule has 1 atom stereocenters. The number of hydrogen-bond donors (Lipinski definition) is 2. The summed E-state index contributed by atoms with van der Waals surface area (Å²) < 4.78 is 16.0. The topological polar surface area (TPSA) is 60.0 Å². The lowest BCUT2D eigenvalue weighted by molar-refractivity contribution is 0.0494. The monoisotopic (exact) mass is 295 g/mol. The average Bonchev–Trinajstić information content (AvgIpc) is 2.51. The van der Waals surface area contributed by atoms with Gasteiger partial charge in [-0.3, -0.25) is 0 Å². The molecule has 0 aliphatic carbocycles. The Balaban J connectivity index is 2.05. The van der Waals surface area contributed by atoms with E-state index >= 15 is 0 Å². The van der Waals surface area contributed by atoms with E-state index in [1.165, 1.54) is 0 Å². The lowest BCUT2D eigenvalue weighted by Crippen LogP contribution is -2.31. The third-order valence-corrected chi connectivity index (χ3v) is 2.75. The van der Waals surface area contributed by atoms with Gasteiger partial charge < -0.3 is 24.6 Å². The molecule has 0 bridgehead atoms. The molecule has 0 saturated carbocycles. The molecule has 0 fully saturated rings. The number of benzene rings is 1. The molecule has 0 saturated heterocycles. The summed E-state index contributed by atoms with van der Waals surface area (Å²) in [6, 6.07) is 7.57. The van der Waals surface area contributed by atoms with Crippen LogP contribution in [0.15, 0.2) is 36.9 Å². The van der Waals surface area contributed by atoms with E-state index in [1.807, 2.05) is 24.3 Å². The van der Waals surface area contributed by atoms with Crippen molar-refractivity contribution >= 4 is 0 Å². The molecule has 0 aromatic heterocycles. The van der Waals surface area contributed by atoms with E-state index in [-0.39, 0.29) is 0 Å². The first kappa shape index (κ1) is 17.5. The third kappa shape index (κ3) is 7.70. The number of nitrogens with one attached hydrogen (secondary N) is 1. The maximum Gasteiger partial charge on any atom is 0.161 e. The van der Waals surface area contributed by atoms with E-state index in [4.69, 9.17) is 14.2 Å². The summed E-state index contributed by atoms with van der Waals surface area (Å²) in [5.41, 5.74) is 0. The number of para-hydroxylation sites is 2. The maximum atomic E-state index is 9.61. The zero-order chi connectivity index (χ0) is 15.3. The van der Waals surface area contributed by atoms with Gasteiger partial charge in [0.1, 0.15) is 0 Å². The molecule has 0 spiro atoms. The zero-order valence-corrected chi connectivity index (χ0v) is 12.6. The van der Waals surface area contributed by atoms with Gasteiger partial charge >= 0.3 is 0 Å². The Kier molecular flexibility index (Phi) is 9.28. The van der Waals surface area contributed by atoms with Gasteiger partial charge in [-0.25, -0.2) is 0 Å². The van der Waals surface area contributed by atoms with Gasteiger partial charge in [-0.1, -0.05) is 18.2 Å². The average molecular weight is 295 g/mol. The van der Waals surface area contributed by atoms with Gasteiger partial charge in [0.15, 0.2) is 11.5 Å². The summed E-state index contributed by atoms with van der Waals surface area (Å²) in [7, 11) is 1.62. The first-order valence-corrected chi connectivity index (χ1v) is 7.11. The van der Waals surface area contributed by atoms with Crippen molar-refractivity contribution in [2.75, 3.05) is 40.0 Å². The molecule has 1 aromatic rings. The summed E-state index contributed by atoms with van der Waals surface area (Å²) in [6.07, 6.45) is 2.01. The van der Waals surface area contributed by atoms with Crippen molar-refractivity contribution in [3.63, 3.8) is 0 Å². The number of methoxy groups -OCH3 is 1. The van der Waals surface area contributed by atoms with Crippen LogP contribution in [0, 0.1) is 0 Å². The fourth-order valence-corrected chi connectivity index (χ4v) is 1.73. The number of rotatable bonds is 12. The molecule has 0 unspecified atom stereocenters. The molecule has 1 aromatic carbocycles. The molecule has 1 rings (SSSR count). The highest BCUT2D eigenvalue weighted by molar-refractivity contribution is 5.39. The summed E-state index contributed by atoms with van der Waals surface area (Å²) in [4.78, 5) is 0. The van der Waals surface area contributed by atoms with Crippen LogP contribution in [0.4, 0.5) is 0 Å². The SMILES string of the molecule is C=CCOC[C@@H](O)CNCCCOc1ccccc1OC.